The second-order valence-corrected chi connectivity index (χ2v) is 8.82. The van der Waals surface area contributed by atoms with Crippen molar-refractivity contribution in [2.24, 2.45) is 0 Å². The fourth-order valence-corrected chi connectivity index (χ4v) is 4.35. The zero-order chi connectivity index (χ0) is 27.5. The maximum absolute atomic E-state index is 13.0. The lowest BCUT2D eigenvalue weighted by Crippen LogP contribution is -2.32. The first-order valence-electron chi connectivity index (χ1n) is 11.1. The molecule has 0 radical (unpaired) electrons. The van der Waals surface area contributed by atoms with Gasteiger partial charge in [0.05, 0.1) is 23.0 Å². The van der Waals surface area contributed by atoms with Gasteiger partial charge in [0.2, 0.25) is 11.8 Å². The highest BCUT2D eigenvalue weighted by atomic mass is 19.4. The molecule has 5 rings (SSSR count). The van der Waals surface area contributed by atoms with Crippen molar-refractivity contribution in [1.29, 1.82) is 0 Å². The van der Waals surface area contributed by atoms with E-state index >= 15 is 0 Å². The van der Waals surface area contributed by atoms with Crippen molar-refractivity contribution in [3.8, 4) is 17.4 Å². The van der Waals surface area contributed by atoms with Crippen LogP contribution in [0.5, 0.6) is 5.88 Å². The van der Waals surface area contributed by atoms with Gasteiger partial charge in [-0.25, -0.2) is 19.5 Å². The molecule has 4 heterocycles. The van der Waals surface area contributed by atoms with Crippen LogP contribution in [0.3, 0.4) is 0 Å². The minimum Gasteiger partial charge on any atom is -0.493 e. The van der Waals surface area contributed by atoms with Gasteiger partial charge in [-0.2, -0.15) is 36.4 Å². The predicted molar refractivity (Wildman–Crippen MR) is 119 cm³/mol. The second-order valence-electron chi connectivity index (χ2n) is 8.82. The van der Waals surface area contributed by atoms with Crippen LogP contribution < -0.4 is 5.32 Å². The summed E-state index contributed by atoms with van der Waals surface area (Å²) in [5, 5.41) is 17.3. The molecule has 4 aromatic rings. The molecule has 1 atom stereocenters. The molecule has 9 nitrogen and oxygen atoms in total. The molecule has 1 aromatic carbocycles. The van der Waals surface area contributed by atoms with Gasteiger partial charge in [0, 0.05) is 6.42 Å². The summed E-state index contributed by atoms with van der Waals surface area (Å²) in [5.41, 5.74) is -1.90. The van der Waals surface area contributed by atoms with Crippen LogP contribution in [0.1, 0.15) is 42.1 Å². The molecule has 1 unspecified atom stereocenters. The monoisotopic (exact) mass is 537 g/mol. The molecule has 198 valence electrons. The normalized spacial score (nSPS) is 17.6. The van der Waals surface area contributed by atoms with Crippen molar-refractivity contribution in [3.05, 3.63) is 59.2 Å². The topological polar surface area (TPSA) is 118 Å². The van der Waals surface area contributed by atoms with Crippen molar-refractivity contribution in [1.82, 2.24) is 29.5 Å². The number of alkyl halides is 6. The van der Waals surface area contributed by atoms with E-state index in [2.05, 4.69) is 30.4 Å². The molecular formula is C23H17F6N7O2. The van der Waals surface area contributed by atoms with Gasteiger partial charge in [0.25, 0.3) is 0 Å². The van der Waals surface area contributed by atoms with E-state index in [0.29, 0.717) is 0 Å². The van der Waals surface area contributed by atoms with Gasteiger partial charge >= 0.3 is 12.4 Å². The zero-order valence-corrected chi connectivity index (χ0v) is 19.4. The first-order chi connectivity index (χ1) is 17.8. The molecule has 0 fully saturated rings. The van der Waals surface area contributed by atoms with E-state index in [0.717, 1.165) is 24.3 Å². The third-order valence-corrected chi connectivity index (χ3v) is 6.30. The summed E-state index contributed by atoms with van der Waals surface area (Å²) in [6.07, 6.45) is -7.69. The summed E-state index contributed by atoms with van der Waals surface area (Å²) in [5.74, 6) is -1.52. The molecule has 3 aromatic heterocycles. The third-order valence-electron chi connectivity index (χ3n) is 6.30. The number of aromatic hydroxyl groups is 1. The van der Waals surface area contributed by atoms with Crippen LogP contribution in [0.15, 0.2) is 36.8 Å². The van der Waals surface area contributed by atoms with Crippen molar-refractivity contribution in [3.63, 3.8) is 0 Å². The average Bonchev–Trinajstić information content (AvgIpc) is 3.40. The predicted octanol–water partition coefficient (Wildman–Crippen LogP) is 4.45. The highest BCUT2D eigenvalue weighted by Crippen LogP contribution is 2.46. The Morgan fingerprint density at radius 1 is 1.05 bits per heavy atom. The molecule has 0 bridgehead atoms. The van der Waals surface area contributed by atoms with Crippen molar-refractivity contribution in [2.75, 3.05) is 5.32 Å². The van der Waals surface area contributed by atoms with E-state index in [9.17, 15) is 36.2 Å². The van der Waals surface area contributed by atoms with Crippen LogP contribution >= 0.6 is 0 Å². The van der Waals surface area contributed by atoms with Crippen LogP contribution in [0.4, 0.5) is 32.2 Å². The summed E-state index contributed by atoms with van der Waals surface area (Å²) in [6.45, 7) is 1.41. The summed E-state index contributed by atoms with van der Waals surface area (Å²) >= 11 is 0. The smallest absolute Gasteiger partial charge is 0.416 e. The van der Waals surface area contributed by atoms with Gasteiger partial charge < -0.3 is 10.4 Å². The number of carbonyl (C=O) groups excluding carboxylic acids is 1. The summed E-state index contributed by atoms with van der Waals surface area (Å²) in [4.78, 5) is 29.7. The Hall–Kier alpha value is -4.30. The molecule has 1 aliphatic heterocycles. The van der Waals surface area contributed by atoms with Gasteiger partial charge in [0.1, 0.15) is 23.3 Å². The third kappa shape index (κ3) is 4.37. The highest BCUT2D eigenvalue weighted by molar-refractivity contribution is 6.08. The van der Waals surface area contributed by atoms with E-state index in [4.69, 9.17) is 0 Å². The molecule has 0 spiro atoms. The number of aryl methyl sites for hydroxylation is 1. The van der Waals surface area contributed by atoms with Crippen LogP contribution in [0, 0.1) is 0 Å². The number of aromatic nitrogens is 6. The van der Waals surface area contributed by atoms with Crippen LogP contribution in [-0.2, 0) is 22.8 Å². The van der Waals surface area contributed by atoms with Gasteiger partial charge in [-0.3, -0.25) is 4.79 Å². The van der Waals surface area contributed by atoms with Crippen LogP contribution in [0.25, 0.3) is 17.2 Å². The molecule has 38 heavy (non-hydrogen) atoms. The molecule has 1 amide bonds. The Labute approximate surface area is 209 Å². The molecule has 0 saturated carbocycles. The molecule has 0 aliphatic carbocycles. The molecule has 0 saturated heterocycles. The Morgan fingerprint density at radius 2 is 1.76 bits per heavy atom. The lowest BCUT2D eigenvalue weighted by molar-refractivity contribution is -0.137. The first kappa shape index (κ1) is 25.4. The SMILES string of the molecule is CC1(c2ccc(C(F)(F)F)cc2)C(=O)Nc2nc(-c3cn4ncnc4c(CCCC(F)(F)F)n3)nc(O)c21. The van der Waals surface area contributed by atoms with E-state index < -0.39 is 41.5 Å². The van der Waals surface area contributed by atoms with Crippen molar-refractivity contribution < 1.29 is 36.2 Å². The first-order valence-corrected chi connectivity index (χ1v) is 11.1. The molecule has 2 N–H and O–H groups in total. The van der Waals surface area contributed by atoms with E-state index in [1.54, 1.807) is 0 Å². The van der Waals surface area contributed by atoms with Crippen molar-refractivity contribution in [2.45, 2.75) is 44.0 Å². The van der Waals surface area contributed by atoms with Crippen LogP contribution in [-0.4, -0.2) is 46.7 Å². The number of carbonyl (C=O) groups is 1. The number of nitrogens with one attached hydrogen (secondary N) is 1. The molecular weight excluding hydrogens is 520 g/mol. The summed E-state index contributed by atoms with van der Waals surface area (Å²) in [6, 6.07) is 3.93. The van der Waals surface area contributed by atoms with E-state index in [-0.39, 0.29) is 52.6 Å². The molecule has 1 aliphatic rings. The number of fused-ring (bicyclic) bond motifs is 2. The minimum atomic E-state index is -4.57. The Kier molecular flexibility index (Phi) is 5.76. The molecule has 15 heteroatoms. The van der Waals surface area contributed by atoms with E-state index in [1.165, 1.54) is 24.0 Å². The fourth-order valence-electron chi connectivity index (χ4n) is 4.35. The minimum absolute atomic E-state index is 0.0421. The number of rotatable bonds is 5. The largest absolute Gasteiger partial charge is 0.493 e. The number of hydrogen-bond acceptors (Lipinski definition) is 7. The number of anilines is 1. The second kappa shape index (κ2) is 8.63. The Bertz CT molecular complexity index is 1550. The standard InChI is InChI=1S/C23H17F6N7O2/c1-21(11-4-6-12(7-5-11)23(27,28)29)15-17(35-20(21)38)33-16(34-19(15)37)14-9-36-18(30-10-31-36)13(32-14)3-2-8-22(24,25)26/h4-7,9-10H,2-3,8H2,1H3,(H2,33,34,35,37,38). The van der Waals surface area contributed by atoms with E-state index in [1.807, 2.05) is 0 Å². The Balaban J connectivity index is 1.54. The lowest BCUT2D eigenvalue weighted by Gasteiger charge is -2.23. The summed E-state index contributed by atoms with van der Waals surface area (Å²) < 4.78 is 78.2. The maximum Gasteiger partial charge on any atom is 0.416 e. The number of hydrogen-bond donors (Lipinski definition) is 2. The summed E-state index contributed by atoms with van der Waals surface area (Å²) in [7, 11) is 0. The maximum atomic E-state index is 13.0. The Morgan fingerprint density at radius 3 is 2.42 bits per heavy atom. The number of halogens is 6. The lowest BCUT2D eigenvalue weighted by atomic mass is 9.77. The van der Waals surface area contributed by atoms with Gasteiger partial charge in [-0.1, -0.05) is 12.1 Å². The zero-order valence-electron chi connectivity index (χ0n) is 19.4. The number of benzene rings is 1. The quantitative estimate of drug-likeness (QED) is 0.361. The average molecular weight is 537 g/mol. The van der Waals surface area contributed by atoms with Crippen LogP contribution in [0.2, 0.25) is 0 Å². The van der Waals surface area contributed by atoms with Gasteiger partial charge in [0.15, 0.2) is 11.5 Å². The highest BCUT2D eigenvalue weighted by Gasteiger charge is 2.48. The van der Waals surface area contributed by atoms with Crippen molar-refractivity contribution >= 4 is 17.4 Å². The number of amides is 1. The van der Waals surface area contributed by atoms with Gasteiger partial charge in [-0.05, 0) is 37.5 Å². The fraction of sp³-hybridized carbons (Fsp3) is 0.304. The van der Waals surface area contributed by atoms with Gasteiger partial charge in [-0.15, -0.1) is 0 Å². The number of nitrogens with zero attached hydrogens (tertiary/aromatic N) is 6.